The molecule has 0 aromatic carbocycles. The van der Waals surface area contributed by atoms with Gasteiger partial charge in [-0.2, -0.15) is 0 Å². The Labute approximate surface area is 152 Å². The molecule has 2 N–H and O–H groups in total. The summed E-state index contributed by atoms with van der Waals surface area (Å²) in [6.45, 7) is 5.87. The van der Waals surface area contributed by atoms with E-state index in [4.69, 9.17) is 5.73 Å². The average Bonchev–Trinajstić information content (AvgIpc) is 2.84. The van der Waals surface area contributed by atoms with Crippen LogP contribution in [0.3, 0.4) is 0 Å². The lowest BCUT2D eigenvalue weighted by atomic mass is 10.1. The minimum Gasteiger partial charge on any atom is -0.366 e. The topological polar surface area (TPSA) is 110 Å². The monoisotopic (exact) mass is 385 g/mol. The number of hydrogen-bond donors (Lipinski definition) is 1. The Bertz CT molecular complexity index is 793. The van der Waals surface area contributed by atoms with Crippen LogP contribution in [0.1, 0.15) is 35.0 Å². The van der Waals surface area contributed by atoms with E-state index in [1.807, 2.05) is 13.8 Å². The summed E-state index contributed by atoms with van der Waals surface area (Å²) < 4.78 is 23.3. The average molecular weight is 386 g/mol. The standard InChI is InChI=1S/C16H23N3O4S2/c1-4-19(12-5-6-25(22,23)9-12)13(20)8-24-16-14(15(17)21)10(2)7-11(3)18-16/h7,12H,4-6,8-9H2,1-3H3,(H2,17,21)/t12-/m1/s1. The maximum absolute atomic E-state index is 12.6. The highest BCUT2D eigenvalue weighted by molar-refractivity contribution is 8.00. The third-order valence-electron chi connectivity index (χ3n) is 4.20. The number of thioether (sulfide) groups is 1. The van der Waals surface area contributed by atoms with Gasteiger partial charge >= 0.3 is 0 Å². The zero-order chi connectivity index (χ0) is 18.8. The molecule has 1 fully saturated rings. The number of nitrogens with zero attached hydrogens (tertiary/aromatic N) is 2. The van der Waals surface area contributed by atoms with E-state index in [0.717, 1.165) is 23.0 Å². The number of rotatable bonds is 6. The number of carbonyl (C=O) groups is 2. The Morgan fingerprint density at radius 2 is 2.08 bits per heavy atom. The normalized spacial score (nSPS) is 18.9. The van der Waals surface area contributed by atoms with Gasteiger partial charge < -0.3 is 10.6 Å². The number of primary amides is 1. The minimum absolute atomic E-state index is 0.0194. The molecule has 1 atom stereocenters. The van der Waals surface area contributed by atoms with Crippen molar-refractivity contribution >= 4 is 33.4 Å². The summed E-state index contributed by atoms with van der Waals surface area (Å²) in [4.78, 5) is 30.2. The Morgan fingerprint density at radius 1 is 1.40 bits per heavy atom. The van der Waals surface area contributed by atoms with Gasteiger partial charge in [0.15, 0.2) is 9.84 Å². The molecule has 0 bridgehead atoms. The summed E-state index contributed by atoms with van der Waals surface area (Å²) >= 11 is 1.16. The maximum Gasteiger partial charge on any atom is 0.251 e. The molecule has 138 valence electrons. The molecule has 1 aliphatic heterocycles. The van der Waals surface area contributed by atoms with Crippen molar-refractivity contribution in [3.8, 4) is 0 Å². The van der Waals surface area contributed by atoms with Crippen molar-refractivity contribution in [1.82, 2.24) is 9.88 Å². The number of sulfone groups is 1. The van der Waals surface area contributed by atoms with Crippen LogP contribution in [0.25, 0.3) is 0 Å². The van der Waals surface area contributed by atoms with Crippen molar-refractivity contribution in [3.63, 3.8) is 0 Å². The number of amides is 2. The SMILES string of the molecule is CCN(C(=O)CSc1nc(C)cc(C)c1C(N)=O)[C@@H]1CCS(=O)(=O)C1. The Hall–Kier alpha value is -1.61. The Morgan fingerprint density at radius 3 is 2.60 bits per heavy atom. The number of carbonyl (C=O) groups excluding carboxylic acids is 2. The van der Waals surface area contributed by atoms with Crippen molar-refractivity contribution in [2.24, 2.45) is 5.73 Å². The minimum atomic E-state index is -3.05. The number of aryl methyl sites for hydroxylation is 2. The van der Waals surface area contributed by atoms with Gasteiger partial charge in [0.1, 0.15) is 5.03 Å². The molecule has 25 heavy (non-hydrogen) atoms. The smallest absolute Gasteiger partial charge is 0.251 e. The predicted molar refractivity (Wildman–Crippen MR) is 97.4 cm³/mol. The van der Waals surface area contributed by atoms with Crippen LogP contribution in [0, 0.1) is 13.8 Å². The molecule has 1 aliphatic rings. The first-order chi connectivity index (χ1) is 11.6. The molecule has 0 radical (unpaired) electrons. The lowest BCUT2D eigenvalue weighted by Gasteiger charge is -2.26. The Balaban J connectivity index is 2.12. The van der Waals surface area contributed by atoms with E-state index >= 15 is 0 Å². The van der Waals surface area contributed by atoms with Crippen molar-refractivity contribution in [1.29, 1.82) is 0 Å². The molecule has 0 spiro atoms. The largest absolute Gasteiger partial charge is 0.366 e. The van der Waals surface area contributed by atoms with Gasteiger partial charge in [-0.05, 0) is 38.8 Å². The van der Waals surface area contributed by atoms with Gasteiger partial charge in [0.25, 0.3) is 5.91 Å². The van der Waals surface area contributed by atoms with Crippen LogP contribution in [0.15, 0.2) is 11.1 Å². The zero-order valence-corrected chi connectivity index (χ0v) is 16.2. The predicted octanol–water partition coefficient (Wildman–Crippen LogP) is 0.925. The lowest BCUT2D eigenvalue weighted by Crippen LogP contribution is -2.42. The van der Waals surface area contributed by atoms with Crippen LogP contribution in [0.2, 0.25) is 0 Å². The first kappa shape index (κ1) is 19.7. The summed E-state index contributed by atoms with van der Waals surface area (Å²) in [5, 5.41) is 0.438. The molecule has 2 heterocycles. The molecular formula is C16H23N3O4S2. The molecular weight excluding hydrogens is 362 g/mol. The van der Waals surface area contributed by atoms with E-state index in [1.54, 1.807) is 17.9 Å². The van der Waals surface area contributed by atoms with Crippen LogP contribution in [-0.2, 0) is 14.6 Å². The van der Waals surface area contributed by atoms with E-state index in [0.29, 0.717) is 23.6 Å². The molecule has 2 rings (SSSR count). The summed E-state index contributed by atoms with van der Waals surface area (Å²) in [5.41, 5.74) is 7.23. The fourth-order valence-corrected chi connectivity index (χ4v) is 5.85. The molecule has 1 saturated heterocycles. The van der Waals surface area contributed by atoms with Crippen LogP contribution in [0.4, 0.5) is 0 Å². The van der Waals surface area contributed by atoms with Gasteiger partial charge in [-0.3, -0.25) is 9.59 Å². The van der Waals surface area contributed by atoms with Crippen molar-refractivity contribution < 1.29 is 18.0 Å². The highest BCUT2D eigenvalue weighted by Crippen LogP contribution is 2.25. The van der Waals surface area contributed by atoms with Gasteiger partial charge in [0.2, 0.25) is 5.91 Å². The highest BCUT2D eigenvalue weighted by atomic mass is 32.2. The van der Waals surface area contributed by atoms with Crippen molar-refractivity contribution in [3.05, 3.63) is 22.9 Å². The highest BCUT2D eigenvalue weighted by Gasteiger charge is 2.33. The first-order valence-corrected chi connectivity index (χ1v) is 10.9. The van der Waals surface area contributed by atoms with Crippen molar-refractivity contribution in [2.45, 2.75) is 38.3 Å². The van der Waals surface area contributed by atoms with E-state index in [9.17, 15) is 18.0 Å². The lowest BCUT2D eigenvalue weighted by molar-refractivity contribution is -0.129. The molecule has 1 aromatic rings. The first-order valence-electron chi connectivity index (χ1n) is 8.05. The second-order valence-electron chi connectivity index (χ2n) is 6.15. The quantitative estimate of drug-likeness (QED) is 0.729. The molecule has 7 nitrogen and oxygen atoms in total. The van der Waals surface area contributed by atoms with E-state index in [-0.39, 0.29) is 29.2 Å². The summed E-state index contributed by atoms with van der Waals surface area (Å²) in [7, 11) is -3.05. The zero-order valence-electron chi connectivity index (χ0n) is 14.6. The summed E-state index contributed by atoms with van der Waals surface area (Å²) in [6.07, 6.45) is 0.473. The fourth-order valence-electron chi connectivity index (χ4n) is 3.08. The van der Waals surface area contributed by atoms with Crippen LogP contribution in [0.5, 0.6) is 0 Å². The summed E-state index contributed by atoms with van der Waals surface area (Å²) in [6, 6.07) is 1.50. The van der Waals surface area contributed by atoms with E-state index in [1.165, 1.54) is 0 Å². The van der Waals surface area contributed by atoms with Crippen LogP contribution < -0.4 is 5.73 Å². The van der Waals surface area contributed by atoms with Gasteiger partial charge in [-0.25, -0.2) is 13.4 Å². The van der Waals surface area contributed by atoms with Crippen LogP contribution >= 0.6 is 11.8 Å². The molecule has 0 aliphatic carbocycles. The van der Waals surface area contributed by atoms with Gasteiger partial charge in [-0.1, -0.05) is 11.8 Å². The second kappa shape index (κ2) is 7.74. The molecule has 1 aromatic heterocycles. The fraction of sp³-hybridized carbons (Fsp3) is 0.562. The van der Waals surface area contributed by atoms with Gasteiger partial charge in [0.05, 0.1) is 22.8 Å². The van der Waals surface area contributed by atoms with E-state index in [2.05, 4.69) is 4.98 Å². The van der Waals surface area contributed by atoms with Gasteiger partial charge in [0, 0.05) is 18.3 Å². The third kappa shape index (κ3) is 4.72. The van der Waals surface area contributed by atoms with E-state index < -0.39 is 15.7 Å². The number of aromatic nitrogens is 1. The van der Waals surface area contributed by atoms with Crippen LogP contribution in [-0.4, -0.2) is 60.0 Å². The number of nitrogens with two attached hydrogens (primary N) is 1. The number of pyridine rings is 1. The maximum atomic E-state index is 12.6. The molecule has 0 saturated carbocycles. The molecule has 0 unspecified atom stereocenters. The second-order valence-corrected chi connectivity index (χ2v) is 9.34. The third-order valence-corrected chi connectivity index (χ3v) is 6.91. The van der Waals surface area contributed by atoms with Crippen molar-refractivity contribution in [2.75, 3.05) is 23.8 Å². The molecule has 9 heteroatoms. The summed E-state index contributed by atoms with van der Waals surface area (Å²) in [5.74, 6) is -0.509. The Kier molecular flexibility index (Phi) is 6.10. The number of hydrogen-bond acceptors (Lipinski definition) is 6. The molecule has 2 amide bonds. The van der Waals surface area contributed by atoms with Gasteiger partial charge in [-0.15, -0.1) is 0 Å².